The fraction of sp³-hybridized carbons (Fsp3) is 0.263. The van der Waals surface area contributed by atoms with Crippen LogP contribution in [0.4, 0.5) is 10.1 Å². The van der Waals surface area contributed by atoms with Crippen molar-refractivity contribution in [2.75, 3.05) is 24.2 Å². The maximum Gasteiger partial charge on any atom is 0.244 e. The van der Waals surface area contributed by atoms with Crippen molar-refractivity contribution in [2.24, 2.45) is 0 Å². The molecule has 0 fully saturated rings. The molecule has 2 aromatic carbocycles. The Bertz CT molecular complexity index is 783. The number of thioether (sulfide) groups is 1. The SMILES string of the molecule is CCN(CC(=O)Nc1c(Cl)cccc1Cl)C(=O)CCSc1ccc(F)cc1. The van der Waals surface area contributed by atoms with Gasteiger partial charge in [0.15, 0.2) is 0 Å². The number of likely N-dealkylation sites (N-methyl/N-ethyl adjacent to an activating group) is 1. The first-order valence-electron chi connectivity index (χ1n) is 8.30. The number of nitrogens with zero attached hydrogens (tertiary/aromatic N) is 1. The van der Waals surface area contributed by atoms with Gasteiger partial charge in [-0.1, -0.05) is 29.3 Å². The van der Waals surface area contributed by atoms with Crippen molar-refractivity contribution in [3.8, 4) is 0 Å². The smallest absolute Gasteiger partial charge is 0.244 e. The highest BCUT2D eigenvalue weighted by Crippen LogP contribution is 2.29. The summed E-state index contributed by atoms with van der Waals surface area (Å²) in [6, 6.07) is 11.0. The van der Waals surface area contributed by atoms with Gasteiger partial charge in [0.2, 0.25) is 11.8 Å². The van der Waals surface area contributed by atoms with Crippen LogP contribution in [0.1, 0.15) is 13.3 Å². The molecule has 0 aliphatic heterocycles. The van der Waals surface area contributed by atoms with Crippen LogP contribution < -0.4 is 5.32 Å². The van der Waals surface area contributed by atoms with E-state index in [1.54, 1.807) is 37.3 Å². The fourth-order valence-corrected chi connectivity index (χ4v) is 3.62. The van der Waals surface area contributed by atoms with Gasteiger partial charge in [-0.3, -0.25) is 9.59 Å². The summed E-state index contributed by atoms with van der Waals surface area (Å²) in [7, 11) is 0. The Morgan fingerprint density at radius 1 is 1.11 bits per heavy atom. The monoisotopic (exact) mass is 428 g/mol. The lowest BCUT2D eigenvalue weighted by Gasteiger charge is -2.20. The molecular weight excluding hydrogens is 410 g/mol. The third-order valence-corrected chi connectivity index (χ3v) is 5.34. The van der Waals surface area contributed by atoms with Crippen molar-refractivity contribution in [3.05, 3.63) is 58.3 Å². The normalized spacial score (nSPS) is 10.5. The van der Waals surface area contributed by atoms with Crippen LogP contribution in [0.25, 0.3) is 0 Å². The zero-order valence-corrected chi connectivity index (χ0v) is 17.0. The van der Waals surface area contributed by atoms with Gasteiger partial charge in [0, 0.05) is 23.6 Å². The number of carbonyl (C=O) groups is 2. The molecule has 2 aromatic rings. The van der Waals surface area contributed by atoms with Crippen LogP contribution in [0.5, 0.6) is 0 Å². The number of carbonyl (C=O) groups excluding carboxylic acids is 2. The van der Waals surface area contributed by atoms with E-state index in [0.717, 1.165) is 4.90 Å². The van der Waals surface area contributed by atoms with E-state index in [4.69, 9.17) is 23.2 Å². The minimum atomic E-state index is -0.369. The van der Waals surface area contributed by atoms with E-state index < -0.39 is 0 Å². The molecule has 0 radical (unpaired) electrons. The largest absolute Gasteiger partial charge is 0.334 e. The molecule has 0 unspecified atom stereocenters. The average molecular weight is 429 g/mol. The number of benzene rings is 2. The molecule has 1 N–H and O–H groups in total. The third kappa shape index (κ3) is 6.72. The van der Waals surface area contributed by atoms with E-state index in [1.807, 2.05) is 0 Å². The average Bonchev–Trinajstić information content (AvgIpc) is 2.64. The number of nitrogens with one attached hydrogen (secondary N) is 1. The number of hydrogen-bond donors (Lipinski definition) is 1. The predicted molar refractivity (Wildman–Crippen MR) is 109 cm³/mol. The summed E-state index contributed by atoms with van der Waals surface area (Å²) in [5.74, 6) is -0.255. The standard InChI is InChI=1S/C19H19Cl2FN2O2S/c1-2-24(12-17(25)23-19-15(20)4-3-5-16(19)21)18(26)10-11-27-14-8-6-13(22)7-9-14/h3-9H,2,10-12H2,1H3,(H,23,25). The van der Waals surface area contributed by atoms with Crippen molar-refractivity contribution in [1.82, 2.24) is 4.90 Å². The van der Waals surface area contributed by atoms with Crippen molar-refractivity contribution in [3.63, 3.8) is 0 Å². The van der Waals surface area contributed by atoms with E-state index in [-0.39, 0.29) is 30.6 Å². The molecule has 2 amide bonds. The lowest BCUT2D eigenvalue weighted by molar-refractivity contribution is -0.134. The highest BCUT2D eigenvalue weighted by Gasteiger charge is 2.17. The fourth-order valence-electron chi connectivity index (χ4n) is 2.29. The van der Waals surface area contributed by atoms with Gasteiger partial charge in [0.05, 0.1) is 22.3 Å². The minimum Gasteiger partial charge on any atom is -0.334 e. The van der Waals surface area contributed by atoms with E-state index in [9.17, 15) is 14.0 Å². The second kappa shape index (κ2) is 10.5. The van der Waals surface area contributed by atoms with E-state index in [2.05, 4.69) is 5.32 Å². The molecule has 0 bridgehead atoms. The Kier molecular flexibility index (Phi) is 8.41. The highest BCUT2D eigenvalue weighted by atomic mass is 35.5. The molecule has 27 heavy (non-hydrogen) atoms. The molecule has 0 saturated heterocycles. The number of halogens is 3. The van der Waals surface area contributed by atoms with Gasteiger partial charge >= 0.3 is 0 Å². The number of para-hydroxylation sites is 1. The van der Waals surface area contributed by atoms with Gasteiger partial charge in [-0.15, -0.1) is 11.8 Å². The maximum atomic E-state index is 12.9. The molecule has 2 rings (SSSR count). The van der Waals surface area contributed by atoms with Crippen LogP contribution in [0.15, 0.2) is 47.4 Å². The predicted octanol–water partition coefficient (Wildman–Crippen LogP) is 5.10. The Hall–Kier alpha value is -1.76. The number of rotatable bonds is 8. The second-order valence-electron chi connectivity index (χ2n) is 5.61. The second-order valence-corrected chi connectivity index (χ2v) is 7.59. The van der Waals surface area contributed by atoms with E-state index in [1.165, 1.54) is 28.8 Å². The first-order chi connectivity index (χ1) is 12.9. The van der Waals surface area contributed by atoms with Crippen LogP contribution in [-0.4, -0.2) is 35.6 Å². The molecule has 0 aromatic heterocycles. The van der Waals surface area contributed by atoms with Crippen molar-refractivity contribution >= 4 is 52.5 Å². The van der Waals surface area contributed by atoms with Gasteiger partial charge in [0.1, 0.15) is 5.82 Å². The first kappa shape index (κ1) is 21.5. The Labute approximate surface area is 172 Å². The Morgan fingerprint density at radius 3 is 2.33 bits per heavy atom. The van der Waals surface area contributed by atoms with Crippen molar-refractivity contribution in [1.29, 1.82) is 0 Å². The van der Waals surface area contributed by atoms with Crippen LogP contribution in [-0.2, 0) is 9.59 Å². The van der Waals surface area contributed by atoms with Gasteiger partial charge in [-0.2, -0.15) is 0 Å². The number of anilines is 1. The van der Waals surface area contributed by atoms with Crippen LogP contribution in [0, 0.1) is 5.82 Å². The van der Waals surface area contributed by atoms with Gasteiger partial charge in [-0.25, -0.2) is 4.39 Å². The summed E-state index contributed by atoms with van der Waals surface area (Å²) in [5.41, 5.74) is 0.334. The van der Waals surface area contributed by atoms with Gasteiger partial charge < -0.3 is 10.2 Å². The molecular formula is C19H19Cl2FN2O2S. The summed E-state index contributed by atoms with van der Waals surface area (Å²) in [4.78, 5) is 27.0. The molecule has 0 atom stereocenters. The summed E-state index contributed by atoms with van der Waals surface area (Å²) in [6.07, 6.45) is 0.274. The van der Waals surface area contributed by atoms with E-state index >= 15 is 0 Å². The topological polar surface area (TPSA) is 49.4 Å². The van der Waals surface area contributed by atoms with Crippen molar-refractivity contribution < 1.29 is 14.0 Å². The summed E-state index contributed by atoms with van der Waals surface area (Å²) < 4.78 is 12.9. The zero-order chi connectivity index (χ0) is 19.8. The Morgan fingerprint density at radius 2 is 1.74 bits per heavy atom. The van der Waals surface area contributed by atoms with Crippen molar-refractivity contribution in [2.45, 2.75) is 18.2 Å². The molecule has 144 valence electrons. The molecule has 0 saturated carbocycles. The molecule has 0 aliphatic rings. The van der Waals surface area contributed by atoms with E-state index in [0.29, 0.717) is 28.0 Å². The highest BCUT2D eigenvalue weighted by molar-refractivity contribution is 7.99. The molecule has 0 aliphatic carbocycles. The van der Waals surface area contributed by atoms with Crippen LogP contribution in [0.3, 0.4) is 0 Å². The van der Waals surface area contributed by atoms with Crippen LogP contribution in [0.2, 0.25) is 10.0 Å². The molecule has 0 spiro atoms. The van der Waals surface area contributed by atoms with Gasteiger partial charge in [-0.05, 0) is 43.3 Å². The lowest BCUT2D eigenvalue weighted by Crippen LogP contribution is -2.38. The van der Waals surface area contributed by atoms with Gasteiger partial charge in [0.25, 0.3) is 0 Å². The summed E-state index contributed by atoms with van der Waals surface area (Å²) in [5, 5.41) is 3.32. The quantitative estimate of drug-likeness (QED) is 0.594. The summed E-state index contributed by atoms with van der Waals surface area (Å²) in [6.45, 7) is 2.13. The maximum absolute atomic E-state index is 12.9. The van der Waals surface area contributed by atoms with Crippen LogP contribution >= 0.6 is 35.0 Å². The molecule has 4 nitrogen and oxygen atoms in total. The molecule has 0 heterocycles. The minimum absolute atomic E-state index is 0.0852. The first-order valence-corrected chi connectivity index (χ1v) is 10.0. The number of hydrogen-bond acceptors (Lipinski definition) is 3. The third-order valence-electron chi connectivity index (χ3n) is 3.69. The molecule has 8 heteroatoms. The summed E-state index contributed by atoms with van der Waals surface area (Å²) >= 11 is 13.5. The Balaban J connectivity index is 1.85. The number of amides is 2. The zero-order valence-electron chi connectivity index (χ0n) is 14.7. The lowest BCUT2D eigenvalue weighted by atomic mass is 10.3.